The third-order valence-corrected chi connectivity index (χ3v) is 9.99. The first-order valence-corrected chi connectivity index (χ1v) is 15.6. The number of alkyl carbamates (subject to hydrolysis) is 1. The molecule has 1 saturated heterocycles. The number of nitrogens with two attached hydrogens (primary N) is 1. The van der Waals surface area contributed by atoms with Crippen molar-refractivity contribution < 1.29 is 28.7 Å². The minimum atomic E-state index is -1.06. The Labute approximate surface area is 244 Å². The van der Waals surface area contributed by atoms with Crippen LogP contribution in [0.15, 0.2) is 0 Å². The lowest BCUT2D eigenvalue weighted by molar-refractivity contribution is -0.144. The molecule has 2 unspecified atom stereocenters. The van der Waals surface area contributed by atoms with E-state index in [9.17, 15) is 24.0 Å². The molecule has 1 aliphatic heterocycles. The first-order chi connectivity index (χ1) is 19.2. The van der Waals surface area contributed by atoms with Crippen LogP contribution >= 0.6 is 0 Å². The van der Waals surface area contributed by atoms with Gasteiger partial charge in [-0.05, 0) is 69.1 Å². The number of ether oxygens (including phenoxy) is 1. The predicted molar refractivity (Wildman–Crippen MR) is 153 cm³/mol. The van der Waals surface area contributed by atoms with E-state index in [0.29, 0.717) is 13.0 Å². The maximum atomic E-state index is 14.2. The lowest BCUT2D eigenvalue weighted by atomic mass is 9.83. The molecule has 10 heteroatoms. The van der Waals surface area contributed by atoms with Crippen LogP contribution in [0, 0.1) is 29.1 Å². The molecule has 3 aliphatic carbocycles. The molecule has 41 heavy (non-hydrogen) atoms. The van der Waals surface area contributed by atoms with E-state index >= 15 is 0 Å². The summed E-state index contributed by atoms with van der Waals surface area (Å²) in [5.41, 5.74) is 4.53. The van der Waals surface area contributed by atoms with Gasteiger partial charge in [-0.3, -0.25) is 19.2 Å². The Balaban J connectivity index is 1.55. The fourth-order valence-corrected chi connectivity index (χ4v) is 7.69. The summed E-state index contributed by atoms with van der Waals surface area (Å²) in [7, 11) is 0. The minimum absolute atomic E-state index is 0.0482. The molecule has 3 saturated carbocycles. The topological polar surface area (TPSA) is 148 Å². The van der Waals surface area contributed by atoms with Crippen LogP contribution in [-0.4, -0.2) is 64.8 Å². The summed E-state index contributed by atoms with van der Waals surface area (Å²) in [6, 6.07) is -2.59. The van der Waals surface area contributed by atoms with Gasteiger partial charge in [0.2, 0.25) is 17.6 Å². The summed E-state index contributed by atoms with van der Waals surface area (Å²) >= 11 is 0. The summed E-state index contributed by atoms with van der Waals surface area (Å²) in [6.07, 6.45) is 9.56. The number of Topliss-reactive ketones (excluding diaryl/α,β-unsaturated/α-hetero) is 1. The smallest absolute Gasteiger partial charge is 0.408 e. The second-order valence-corrected chi connectivity index (χ2v) is 14.4. The Morgan fingerprint density at radius 3 is 2.07 bits per heavy atom. The molecule has 4 fully saturated rings. The SMILES string of the molecule is CC(C)(C)OC(=O)NC(C(=O)N1C[C@H]2[C@@H](C1C(=O)N[C@@H](CC1CCCCC1)C(=O)C(N)=O)C2(C)C)C1CCCCC1. The van der Waals surface area contributed by atoms with Crippen molar-refractivity contribution in [3.63, 3.8) is 0 Å². The summed E-state index contributed by atoms with van der Waals surface area (Å²) in [5, 5.41) is 5.72. The molecule has 0 radical (unpaired) electrons. The molecule has 0 aromatic rings. The number of nitrogens with zero attached hydrogens (tertiary/aromatic N) is 1. The minimum Gasteiger partial charge on any atom is -0.444 e. The highest BCUT2D eigenvalue weighted by Crippen LogP contribution is 2.65. The lowest BCUT2D eigenvalue weighted by Crippen LogP contribution is -2.60. The summed E-state index contributed by atoms with van der Waals surface area (Å²) in [5.74, 6) is -2.31. The highest BCUT2D eigenvalue weighted by atomic mass is 16.6. The molecule has 1 heterocycles. The number of rotatable bonds is 9. The van der Waals surface area contributed by atoms with E-state index < -0.39 is 47.4 Å². The maximum Gasteiger partial charge on any atom is 0.408 e. The quantitative estimate of drug-likeness (QED) is 0.359. The standard InChI is InChI=1S/C31H50N4O6/c1-30(2,3)41-29(40)34-23(19-14-10-7-11-15-19)28(39)35-17-20-22(31(20,4)5)24(35)27(38)33-21(25(36)26(32)37)16-18-12-8-6-9-13-18/h18-24H,6-17H2,1-5H3,(H2,32,37)(H,33,38)(H,34,40)/t20-,21-,22-,23?,24?/m0/s1. The second kappa shape index (κ2) is 12.3. The number of amides is 4. The van der Waals surface area contributed by atoms with Crippen molar-refractivity contribution in [2.24, 2.45) is 34.8 Å². The van der Waals surface area contributed by atoms with E-state index in [4.69, 9.17) is 10.5 Å². The van der Waals surface area contributed by atoms with Crippen molar-refractivity contribution in [3.05, 3.63) is 0 Å². The maximum absolute atomic E-state index is 14.2. The predicted octanol–water partition coefficient (Wildman–Crippen LogP) is 3.45. The first kappa shape index (κ1) is 31.3. The zero-order valence-electron chi connectivity index (χ0n) is 25.5. The highest BCUT2D eigenvalue weighted by molar-refractivity contribution is 6.37. The van der Waals surface area contributed by atoms with Gasteiger partial charge in [-0.15, -0.1) is 0 Å². The van der Waals surface area contributed by atoms with Gasteiger partial charge >= 0.3 is 6.09 Å². The van der Waals surface area contributed by atoms with Crippen LogP contribution in [0.2, 0.25) is 0 Å². The number of hydrogen-bond acceptors (Lipinski definition) is 6. The number of piperidine rings is 1. The largest absolute Gasteiger partial charge is 0.444 e. The molecule has 0 bridgehead atoms. The molecule has 230 valence electrons. The molecule has 0 aromatic heterocycles. The second-order valence-electron chi connectivity index (χ2n) is 14.4. The van der Waals surface area contributed by atoms with Crippen molar-refractivity contribution in [2.45, 2.75) is 129 Å². The van der Waals surface area contributed by atoms with Crippen molar-refractivity contribution in [2.75, 3.05) is 6.54 Å². The van der Waals surface area contributed by atoms with Gasteiger partial charge in [0.05, 0.1) is 6.04 Å². The van der Waals surface area contributed by atoms with Crippen molar-refractivity contribution >= 4 is 29.6 Å². The van der Waals surface area contributed by atoms with E-state index in [1.54, 1.807) is 25.7 Å². The number of hydrogen-bond donors (Lipinski definition) is 3. The average Bonchev–Trinajstić information content (AvgIpc) is 3.22. The van der Waals surface area contributed by atoms with Crippen LogP contribution < -0.4 is 16.4 Å². The van der Waals surface area contributed by atoms with E-state index in [1.807, 2.05) is 0 Å². The fraction of sp³-hybridized carbons (Fsp3) is 0.839. The van der Waals surface area contributed by atoms with Crippen molar-refractivity contribution in [3.8, 4) is 0 Å². The molecule has 4 N–H and O–H groups in total. The van der Waals surface area contributed by atoms with Crippen molar-refractivity contribution in [1.29, 1.82) is 0 Å². The Bertz CT molecular complexity index is 1020. The average molecular weight is 575 g/mol. The van der Waals surface area contributed by atoms with Gasteiger partial charge < -0.3 is 26.0 Å². The molecule has 4 aliphatic rings. The van der Waals surface area contributed by atoms with Gasteiger partial charge in [0.15, 0.2) is 0 Å². The first-order valence-electron chi connectivity index (χ1n) is 15.6. The van der Waals surface area contributed by atoms with Crippen LogP contribution in [0.25, 0.3) is 0 Å². The number of carbonyl (C=O) groups is 5. The number of primary amides is 1. The van der Waals surface area contributed by atoms with Gasteiger partial charge in [-0.1, -0.05) is 65.2 Å². The molecule has 4 amide bonds. The zero-order valence-corrected chi connectivity index (χ0v) is 25.5. The molecule has 10 nitrogen and oxygen atoms in total. The van der Waals surface area contributed by atoms with Crippen LogP contribution in [-0.2, 0) is 23.9 Å². The van der Waals surface area contributed by atoms with Gasteiger partial charge in [0.1, 0.15) is 17.7 Å². The molecular weight excluding hydrogens is 524 g/mol. The van der Waals surface area contributed by atoms with E-state index in [1.165, 1.54) is 0 Å². The van der Waals surface area contributed by atoms with E-state index in [0.717, 1.165) is 64.2 Å². The third-order valence-electron chi connectivity index (χ3n) is 9.99. The summed E-state index contributed by atoms with van der Waals surface area (Å²) in [4.78, 5) is 67.3. The Kier molecular flexibility index (Phi) is 9.38. The molecule has 4 rings (SSSR count). The monoisotopic (exact) mass is 574 g/mol. The lowest BCUT2D eigenvalue weighted by Gasteiger charge is -2.37. The van der Waals surface area contributed by atoms with Gasteiger partial charge in [0.25, 0.3) is 5.91 Å². The Morgan fingerprint density at radius 2 is 1.51 bits per heavy atom. The normalized spacial score (nSPS) is 27.7. The highest BCUT2D eigenvalue weighted by Gasteiger charge is 2.69. The van der Waals surface area contributed by atoms with Crippen molar-refractivity contribution in [1.82, 2.24) is 15.5 Å². The Hall–Kier alpha value is -2.65. The molecule has 0 aromatic carbocycles. The number of fused-ring (bicyclic) bond motifs is 1. The number of likely N-dealkylation sites (tertiary alicyclic amines) is 1. The molecular formula is C31H50N4O6. The molecule has 0 spiro atoms. The number of nitrogens with one attached hydrogen (secondary N) is 2. The summed E-state index contributed by atoms with van der Waals surface area (Å²) in [6.45, 7) is 9.92. The summed E-state index contributed by atoms with van der Waals surface area (Å²) < 4.78 is 5.50. The van der Waals surface area contributed by atoms with Gasteiger partial charge in [-0.25, -0.2) is 4.79 Å². The van der Waals surface area contributed by atoms with Gasteiger partial charge in [-0.2, -0.15) is 0 Å². The Morgan fingerprint density at radius 1 is 0.927 bits per heavy atom. The van der Waals surface area contributed by atoms with E-state index in [2.05, 4.69) is 24.5 Å². The van der Waals surface area contributed by atoms with Crippen LogP contribution in [0.1, 0.15) is 105 Å². The zero-order chi connectivity index (χ0) is 30.1. The van der Waals surface area contributed by atoms with Crippen LogP contribution in [0.5, 0.6) is 0 Å². The number of ketones is 1. The number of carbonyl (C=O) groups excluding carboxylic acids is 5. The van der Waals surface area contributed by atoms with Crippen LogP contribution in [0.3, 0.4) is 0 Å². The molecule has 5 atom stereocenters. The van der Waals surface area contributed by atoms with E-state index in [-0.39, 0.29) is 35.0 Å². The fourth-order valence-electron chi connectivity index (χ4n) is 7.69. The van der Waals surface area contributed by atoms with Gasteiger partial charge in [0, 0.05) is 6.54 Å². The third kappa shape index (κ3) is 7.23. The van der Waals surface area contributed by atoms with Crippen LogP contribution in [0.4, 0.5) is 4.79 Å².